The normalized spacial score (nSPS) is 13.5. The molecule has 0 radical (unpaired) electrons. The molecule has 9 rings (SSSR count). The minimum Gasteiger partial charge on any atom is -0.252 e. The Morgan fingerprint density at radius 2 is 0.907 bits per heavy atom. The van der Waals surface area contributed by atoms with Crippen molar-refractivity contribution in [1.82, 2.24) is 15.0 Å². The fraction of sp³-hybridized carbons (Fsp3) is 0.0784. The summed E-state index contributed by atoms with van der Waals surface area (Å²) < 4.78 is 0. The third-order valence-electron chi connectivity index (χ3n) is 10.5. The average Bonchev–Trinajstić information content (AvgIpc) is 3.23. The van der Waals surface area contributed by atoms with Crippen molar-refractivity contribution in [3.8, 4) is 44.9 Å². The maximum Gasteiger partial charge on any atom is 0.0972 e. The van der Waals surface area contributed by atoms with Gasteiger partial charge in [0.1, 0.15) is 0 Å². The second-order valence-electron chi connectivity index (χ2n) is 14.3. The molecule has 0 saturated carbocycles. The van der Waals surface area contributed by atoms with E-state index in [0.29, 0.717) is 0 Å². The fourth-order valence-electron chi connectivity index (χ4n) is 7.15. The standard InChI is InChI=1S/C51H39N3/c1-33-4-11-40(12-5-33)46-29-26-43-15-10-36(32-49(43)52-46)9-8-35(3)37-16-18-38(19-17-37)39-20-22-42(23-21-39)48-31-28-45-25-24-44-27-30-47(53-50(44)51(45)54-48)41-13-6-34(2)7-14-41/h4-31H,32H2,1-3H3/b35-8+,36-9-. The van der Waals surface area contributed by atoms with Crippen LogP contribution in [0.5, 0.6) is 0 Å². The van der Waals surface area contributed by atoms with E-state index >= 15 is 0 Å². The van der Waals surface area contributed by atoms with Gasteiger partial charge in [0.2, 0.25) is 0 Å². The zero-order valence-electron chi connectivity index (χ0n) is 30.7. The molecular weight excluding hydrogens is 655 g/mol. The van der Waals surface area contributed by atoms with Gasteiger partial charge in [-0.2, -0.15) is 0 Å². The summed E-state index contributed by atoms with van der Waals surface area (Å²) >= 11 is 0. The molecule has 5 aromatic carbocycles. The van der Waals surface area contributed by atoms with Gasteiger partial charge < -0.3 is 0 Å². The van der Waals surface area contributed by atoms with Crippen molar-refractivity contribution in [3.05, 3.63) is 197 Å². The Labute approximate surface area is 316 Å². The highest BCUT2D eigenvalue weighted by atomic mass is 14.8. The number of hydrogen-bond donors (Lipinski definition) is 0. The van der Waals surface area contributed by atoms with Crippen LogP contribution >= 0.6 is 0 Å². The summed E-state index contributed by atoms with van der Waals surface area (Å²) in [7, 11) is 0. The summed E-state index contributed by atoms with van der Waals surface area (Å²) in [5.74, 6) is 0. The second-order valence-corrected chi connectivity index (χ2v) is 14.3. The maximum absolute atomic E-state index is 5.16. The summed E-state index contributed by atoms with van der Waals surface area (Å²) in [4.78, 5) is 15.3. The van der Waals surface area contributed by atoms with Crippen molar-refractivity contribution in [2.75, 3.05) is 0 Å². The zero-order valence-corrected chi connectivity index (χ0v) is 30.7. The van der Waals surface area contributed by atoms with Gasteiger partial charge >= 0.3 is 0 Å². The molecule has 0 N–H and O–H groups in total. The number of aryl methyl sites for hydroxylation is 2. The Bertz CT molecular complexity index is 2770. The number of fused-ring (bicyclic) bond motifs is 4. The average molecular weight is 694 g/mol. The zero-order chi connectivity index (χ0) is 36.6. The van der Waals surface area contributed by atoms with E-state index < -0.39 is 0 Å². The molecule has 3 heteroatoms. The van der Waals surface area contributed by atoms with Gasteiger partial charge in [-0.3, -0.25) is 4.98 Å². The van der Waals surface area contributed by atoms with E-state index in [1.807, 2.05) is 0 Å². The van der Waals surface area contributed by atoms with Crippen LogP contribution in [-0.2, 0) is 6.42 Å². The molecule has 0 spiro atoms. The summed E-state index contributed by atoms with van der Waals surface area (Å²) in [6, 6.07) is 51.7. The highest BCUT2D eigenvalue weighted by Gasteiger charge is 2.12. The molecule has 258 valence electrons. The Morgan fingerprint density at radius 1 is 0.463 bits per heavy atom. The maximum atomic E-state index is 5.16. The first-order valence-corrected chi connectivity index (χ1v) is 18.5. The van der Waals surface area contributed by atoms with Crippen LogP contribution in [0.3, 0.4) is 0 Å². The molecule has 54 heavy (non-hydrogen) atoms. The molecule has 8 aromatic rings. The summed E-state index contributed by atoms with van der Waals surface area (Å²) in [6.45, 7) is 6.39. The molecule has 0 atom stereocenters. The SMILES string of the molecule is C/C(=C\C=C1\C=Cc2ccc(-c3ccc(C)cc3)nc2C1)c1ccc(-c2ccc(-c3ccc4ccc5ccc(-c6ccc(C)cc6)nc5c4n3)cc2)cc1. The number of rotatable bonds is 6. The molecule has 0 unspecified atom stereocenters. The Kier molecular flexibility index (Phi) is 8.61. The number of allylic oxidation sites excluding steroid dienone is 5. The number of benzene rings is 5. The smallest absolute Gasteiger partial charge is 0.0972 e. The lowest BCUT2D eigenvalue weighted by molar-refractivity contribution is 1.06. The van der Waals surface area contributed by atoms with Crippen molar-refractivity contribution < 1.29 is 0 Å². The minimum absolute atomic E-state index is 0.821. The van der Waals surface area contributed by atoms with Gasteiger partial charge in [-0.1, -0.05) is 163 Å². The van der Waals surface area contributed by atoms with E-state index in [1.165, 1.54) is 44.5 Å². The number of nitrogens with zero attached hydrogens (tertiary/aromatic N) is 3. The summed E-state index contributed by atoms with van der Waals surface area (Å²) in [5, 5.41) is 2.17. The van der Waals surface area contributed by atoms with Crippen LogP contribution in [0.15, 0.2) is 169 Å². The molecule has 0 amide bonds. The molecule has 0 aliphatic heterocycles. The van der Waals surface area contributed by atoms with Crippen molar-refractivity contribution in [3.63, 3.8) is 0 Å². The van der Waals surface area contributed by atoms with Gasteiger partial charge in [0.25, 0.3) is 0 Å². The van der Waals surface area contributed by atoms with Crippen molar-refractivity contribution in [1.29, 1.82) is 0 Å². The first kappa shape index (κ1) is 33.1. The molecule has 0 saturated heterocycles. The van der Waals surface area contributed by atoms with Crippen LogP contribution in [0, 0.1) is 13.8 Å². The van der Waals surface area contributed by atoms with E-state index in [9.17, 15) is 0 Å². The Morgan fingerprint density at radius 3 is 1.46 bits per heavy atom. The largest absolute Gasteiger partial charge is 0.252 e. The van der Waals surface area contributed by atoms with E-state index in [0.717, 1.165) is 67.7 Å². The van der Waals surface area contributed by atoms with Gasteiger partial charge in [0, 0.05) is 33.9 Å². The lowest BCUT2D eigenvalue weighted by atomic mass is 9.96. The number of aromatic nitrogens is 3. The van der Waals surface area contributed by atoms with Crippen LogP contribution < -0.4 is 0 Å². The van der Waals surface area contributed by atoms with Crippen LogP contribution in [0.4, 0.5) is 0 Å². The molecule has 3 aromatic heterocycles. The van der Waals surface area contributed by atoms with Gasteiger partial charge in [-0.25, -0.2) is 9.97 Å². The fourth-order valence-corrected chi connectivity index (χ4v) is 7.15. The molecule has 3 nitrogen and oxygen atoms in total. The molecule has 3 heterocycles. The highest BCUT2D eigenvalue weighted by molar-refractivity contribution is 6.04. The Hall–Kier alpha value is -6.71. The van der Waals surface area contributed by atoms with Gasteiger partial charge in [-0.15, -0.1) is 0 Å². The van der Waals surface area contributed by atoms with Gasteiger partial charge in [0.15, 0.2) is 0 Å². The highest BCUT2D eigenvalue weighted by Crippen LogP contribution is 2.31. The van der Waals surface area contributed by atoms with Gasteiger partial charge in [-0.05, 0) is 72.4 Å². The molecule has 1 aliphatic rings. The lowest BCUT2D eigenvalue weighted by Crippen LogP contribution is -2.01. The van der Waals surface area contributed by atoms with E-state index in [1.54, 1.807) is 0 Å². The quantitative estimate of drug-likeness (QED) is 0.163. The predicted octanol–water partition coefficient (Wildman–Crippen LogP) is 13.1. The first-order chi connectivity index (χ1) is 26.4. The monoisotopic (exact) mass is 693 g/mol. The van der Waals surface area contributed by atoms with E-state index in [4.69, 9.17) is 15.0 Å². The van der Waals surface area contributed by atoms with Crippen LogP contribution in [0.1, 0.15) is 34.9 Å². The molecular formula is C51H39N3. The summed E-state index contributed by atoms with van der Waals surface area (Å²) in [5.41, 5.74) is 19.0. The first-order valence-electron chi connectivity index (χ1n) is 18.5. The van der Waals surface area contributed by atoms with E-state index in [-0.39, 0.29) is 0 Å². The van der Waals surface area contributed by atoms with Crippen LogP contribution in [0.2, 0.25) is 0 Å². The lowest BCUT2D eigenvalue weighted by Gasteiger charge is -2.14. The van der Waals surface area contributed by atoms with E-state index in [2.05, 4.69) is 191 Å². The third kappa shape index (κ3) is 6.68. The predicted molar refractivity (Wildman–Crippen MR) is 227 cm³/mol. The van der Waals surface area contributed by atoms with Crippen molar-refractivity contribution in [2.24, 2.45) is 0 Å². The Balaban J connectivity index is 0.914. The second kappa shape index (κ2) is 14.0. The van der Waals surface area contributed by atoms with Crippen LogP contribution in [-0.4, -0.2) is 15.0 Å². The molecule has 0 fully saturated rings. The van der Waals surface area contributed by atoms with Crippen LogP contribution in [0.25, 0.3) is 78.4 Å². The number of pyridine rings is 3. The number of hydrogen-bond acceptors (Lipinski definition) is 3. The van der Waals surface area contributed by atoms with Gasteiger partial charge in [0.05, 0.1) is 33.8 Å². The van der Waals surface area contributed by atoms with Crippen molar-refractivity contribution >= 4 is 33.5 Å². The summed E-state index contributed by atoms with van der Waals surface area (Å²) in [6.07, 6.45) is 9.65. The third-order valence-corrected chi connectivity index (χ3v) is 10.5. The topological polar surface area (TPSA) is 38.7 Å². The minimum atomic E-state index is 0.821. The molecule has 1 aliphatic carbocycles. The molecule has 0 bridgehead atoms. The van der Waals surface area contributed by atoms with Crippen molar-refractivity contribution in [2.45, 2.75) is 27.2 Å².